The lowest BCUT2D eigenvalue weighted by molar-refractivity contribution is -0.118. The van der Waals surface area contributed by atoms with Gasteiger partial charge in [0.2, 0.25) is 5.91 Å². The van der Waals surface area contributed by atoms with Crippen LogP contribution in [0.15, 0.2) is 42.5 Å². The average Bonchev–Trinajstić information content (AvgIpc) is 2.63. The quantitative estimate of drug-likeness (QED) is 0.675. The average molecular weight is 389 g/mol. The lowest BCUT2D eigenvalue weighted by atomic mass is 10.1. The van der Waals surface area contributed by atoms with Crippen LogP contribution < -0.4 is 10.6 Å². The Kier molecular flexibility index (Phi) is 6.96. The highest BCUT2D eigenvalue weighted by molar-refractivity contribution is 6.34. The van der Waals surface area contributed by atoms with E-state index in [2.05, 4.69) is 10.6 Å². The van der Waals surface area contributed by atoms with Gasteiger partial charge in [0.25, 0.3) is 5.91 Å². The van der Waals surface area contributed by atoms with Crippen LogP contribution >= 0.6 is 11.6 Å². The molecule has 0 heterocycles. The molecule has 0 saturated carbocycles. The molecule has 2 aromatic carbocycles. The Morgan fingerprint density at radius 3 is 2.52 bits per heavy atom. The Bertz CT molecular complexity index is 865. The van der Waals surface area contributed by atoms with E-state index >= 15 is 0 Å². The fourth-order valence-electron chi connectivity index (χ4n) is 2.34. The van der Waals surface area contributed by atoms with Gasteiger partial charge in [-0.05, 0) is 42.3 Å². The van der Waals surface area contributed by atoms with Crippen molar-refractivity contribution in [1.29, 1.82) is 0 Å². The van der Waals surface area contributed by atoms with Crippen molar-refractivity contribution in [2.45, 2.75) is 20.3 Å². The molecule has 0 bridgehead atoms. The van der Waals surface area contributed by atoms with Crippen molar-refractivity contribution in [3.8, 4) is 0 Å². The van der Waals surface area contributed by atoms with Crippen molar-refractivity contribution >= 4 is 35.1 Å². The second kappa shape index (κ2) is 9.19. The second-order valence-corrected chi connectivity index (χ2v) is 6.76. The molecule has 0 aromatic heterocycles. The van der Waals surface area contributed by atoms with Crippen molar-refractivity contribution < 1.29 is 19.5 Å². The number of carbonyl (C=O) groups excluding carboxylic acids is 2. The first-order chi connectivity index (χ1) is 12.8. The molecule has 6 nitrogen and oxygen atoms in total. The van der Waals surface area contributed by atoms with Crippen LogP contribution in [0.25, 0.3) is 0 Å². The van der Waals surface area contributed by atoms with Crippen LogP contribution in [0.5, 0.6) is 0 Å². The number of carboxylic acids is 1. The highest BCUT2D eigenvalue weighted by Gasteiger charge is 2.13. The first-order valence-corrected chi connectivity index (χ1v) is 8.86. The summed E-state index contributed by atoms with van der Waals surface area (Å²) in [5.74, 6) is -1.69. The van der Waals surface area contributed by atoms with E-state index < -0.39 is 5.97 Å². The van der Waals surface area contributed by atoms with E-state index in [1.54, 1.807) is 44.2 Å². The van der Waals surface area contributed by atoms with Crippen molar-refractivity contribution in [3.05, 3.63) is 64.2 Å². The number of hydrogen-bond acceptors (Lipinski definition) is 3. The van der Waals surface area contributed by atoms with Crippen molar-refractivity contribution in [3.63, 3.8) is 0 Å². The maximum absolute atomic E-state index is 12.4. The predicted molar refractivity (Wildman–Crippen MR) is 104 cm³/mol. The molecule has 3 N–H and O–H groups in total. The summed E-state index contributed by atoms with van der Waals surface area (Å²) in [4.78, 5) is 35.2. The zero-order valence-electron chi connectivity index (χ0n) is 15.1. The summed E-state index contributed by atoms with van der Waals surface area (Å²) in [6.45, 7) is 3.87. The molecule has 2 aromatic rings. The molecule has 0 aliphatic carbocycles. The summed E-state index contributed by atoms with van der Waals surface area (Å²) < 4.78 is 0. The van der Waals surface area contributed by atoms with E-state index in [0.29, 0.717) is 18.7 Å². The number of amides is 2. The van der Waals surface area contributed by atoms with E-state index in [9.17, 15) is 14.4 Å². The maximum atomic E-state index is 12.4. The van der Waals surface area contributed by atoms with Gasteiger partial charge in [-0.3, -0.25) is 9.59 Å². The van der Waals surface area contributed by atoms with Crippen LogP contribution in [0, 0.1) is 5.92 Å². The predicted octanol–water partition coefficient (Wildman–Crippen LogP) is 3.61. The van der Waals surface area contributed by atoms with Gasteiger partial charge in [0.05, 0.1) is 16.1 Å². The third-order valence-corrected chi connectivity index (χ3v) is 4.21. The number of anilines is 1. The molecule has 142 valence electrons. The Morgan fingerprint density at radius 1 is 1.11 bits per heavy atom. The topological polar surface area (TPSA) is 95.5 Å². The molecule has 2 amide bonds. The molecule has 0 atom stereocenters. The molecule has 0 aliphatic heterocycles. The van der Waals surface area contributed by atoms with Crippen LogP contribution in [0.4, 0.5) is 5.69 Å². The summed E-state index contributed by atoms with van der Waals surface area (Å²) in [5, 5.41) is 14.8. The summed E-state index contributed by atoms with van der Waals surface area (Å²) in [5.41, 5.74) is 1.77. The third-order valence-electron chi connectivity index (χ3n) is 3.88. The monoisotopic (exact) mass is 388 g/mol. The number of hydrogen-bond donors (Lipinski definition) is 3. The fourth-order valence-corrected chi connectivity index (χ4v) is 2.54. The molecule has 0 radical (unpaired) electrons. The number of nitrogens with one attached hydrogen (secondary N) is 2. The van der Waals surface area contributed by atoms with Crippen LogP contribution in [-0.2, 0) is 11.2 Å². The highest BCUT2D eigenvalue weighted by Crippen LogP contribution is 2.21. The first-order valence-electron chi connectivity index (χ1n) is 8.48. The van der Waals surface area contributed by atoms with Gasteiger partial charge >= 0.3 is 5.97 Å². The Hall–Kier alpha value is -2.86. The smallest absolute Gasteiger partial charge is 0.335 e. The van der Waals surface area contributed by atoms with E-state index in [1.807, 2.05) is 0 Å². The van der Waals surface area contributed by atoms with Gasteiger partial charge in [-0.1, -0.05) is 37.6 Å². The Morgan fingerprint density at radius 2 is 1.85 bits per heavy atom. The highest BCUT2D eigenvalue weighted by atomic mass is 35.5. The van der Waals surface area contributed by atoms with Crippen molar-refractivity contribution in [1.82, 2.24) is 5.32 Å². The lowest BCUT2D eigenvalue weighted by Crippen LogP contribution is -2.26. The summed E-state index contributed by atoms with van der Waals surface area (Å²) in [6.07, 6.45) is 0.480. The van der Waals surface area contributed by atoms with E-state index in [4.69, 9.17) is 16.7 Å². The zero-order valence-corrected chi connectivity index (χ0v) is 15.8. The van der Waals surface area contributed by atoms with Crippen LogP contribution in [-0.4, -0.2) is 29.4 Å². The fraction of sp³-hybridized carbons (Fsp3) is 0.250. The molecule has 0 unspecified atom stereocenters. The van der Waals surface area contributed by atoms with Crippen molar-refractivity contribution in [2.24, 2.45) is 5.92 Å². The van der Waals surface area contributed by atoms with Crippen LogP contribution in [0.2, 0.25) is 5.02 Å². The normalized spacial score (nSPS) is 10.5. The minimum absolute atomic E-state index is 0.151. The van der Waals surface area contributed by atoms with Gasteiger partial charge in [-0.2, -0.15) is 0 Å². The van der Waals surface area contributed by atoms with Crippen molar-refractivity contribution in [2.75, 3.05) is 11.9 Å². The lowest BCUT2D eigenvalue weighted by Gasteiger charge is -2.11. The van der Waals surface area contributed by atoms with Gasteiger partial charge < -0.3 is 15.7 Å². The number of rotatable bonds is 7. The van der Waals surface area contributed by atoms with E-state index in [0.717, 1.165) is 5.56 Å². The van der Waals surface area contributed by atoms with Gasteiger partial charge in [-0.25, -0.2) is 4.79 Å². The maximum Gasteiger partial charge on any atom is 0.335 e. The van der Waals surface area contributed by atoms with E-state index in [-0.39, 0.29) is 33.9 Å². The van der Waals surface area contributed by atoms with Gasteiger partial charge in [0.1, 0.15) is 0 Å². The number of carboxylic acid groups (broad SMARTS) is 1. The molecular weight excluding hydrogens is 368 g/mol. The van der Waals surface area contributed by atoms with E-state index in [1.165, 1.54) is 12.1 Å². The largest absolute Gasteiger partial charge is 0.478 e. The second-order valence-electron chi connectivity index (χ2n) is 6.35. The summed E-state index contributed by atoms with van der Waals surface area (Å²) >= 11 is 6.10. The molecule has 0 saturated heterocycles. The van der Waals surface area contributed by atoms with Gasteiger partial charge in [-0.15, -0.1) is 0 Å². The van der Waals surface area contributed by atoms with Crippen LogP contribution in [0.1, 0.15) is 40.1 Å². The standard InChI is InChI=1S/C20H21ClN2O4/c1-12(2)18(24)23-15-6-7-17(21)16(11-15)19(25)22-9-8-13-4-3-5-14(10-13)20(26)27/h3-7,10-12H,8-9H2,1-2H3,(H,22,25)(H,23,24)(H,26,27). The van der Waals surface area contributed by atoms with Crippen LogP contribution in [0.3, 0.4) is 0 Å². The first kappa shape index (κ1) is 20.5. The number of aromatic carboxylic acids is 1. The molecular formula is C20H21ClN2O4. The molecule has 0 fully saturated rings. The number of benzene rings is 2. The Labute approximate surface area is 162 Å². The molecule has 0 aliphatic rings. The number of carbonyl (C=O) groups is 3. The minimum atomic E-state index is -0.993. The van der Waals surface area contributed by atoms with Gasteiger partial charge in [0.15, 0.2) is 0 Å². The molecule has 27 heavy (non-hydrogen) atoms. The molecule has 0 spiro atoms. The summed E-state index contributed by atoms with van der Waals surface area (Å²) in [6, 6.07) is 11.3. The third kappa shape index (κ3) is 5.82. The molecule has 7 heteroatoms. The van der Waals surface area contributed by atoms with Gasteiger partial charge in [0, 0.05) is 18.2 Å². The minimum Gasteiger partial charge on any atom is -0.478 e. The molecule has 2 rings (SSSR count). The Balaban J connectivity index is 2.00. The summed E-state index contributed by atoms with van der Waals surface area (Å²) in [7, 11) is 0. The number of halogens is 1. The zero-order chi connectivity index (χ0) is 20.0. The SMILES string of the molecule is CC(C)C(=O)Nc1ccc(Cl)c(C(=O)NCCc2cccc(C(=O)O)c2)c1.